The van der Waals surface area contributed by atoms with Gasteiger partial charge < -0.3 is 10.4 Å². The van der Waals surface area contributed by atoms with Gasteiger partial charge in [-0.05, 0) is 49.4 Å². The van der Waals surface area contributed by atoms with Crippen LogP contribution in [-0.4, -0.2) is 47.4 Å². The van der Waals surface area contributed by atoms with Gasteiger partial charge in [0.05, 0.1) is 29.4 Å². The zero-order valence-corrected chi connectivity index (χ0v) is 20.6. The summed E-state index contributed by atoms with van der Waals surface area (Å²) in [6.45, 7) is 0. The third kappa shape index (κ3) is 5.27. The molecule has 1 fully saturated rings. The van der Waals surface area contributed by atoms with E-state index in [1.54, 1.807) is 17.5 Å². The van der Waals surface area contributed by atoms with Gasteiger partial charge in [0.1, 0.15) is 15.4 Å². The molecular formula is C27H27N7OS. The van der Waals surface area contributed by atoms with E-state index in [4.69, 9.17) is 19.9 Å². The van der Waals surface area contributed by atoms with Crippen molar-refractivity contribution in [3.63, 3.8) is 0 Å². The molecule has 8 nitrogen and oxygen atoms in total. The fourth-order valence-electron chi connectivity index (χ4n) is 4.65. The Kier molecular flexibility index (Phi) is 6.40. The Hall–Kier alpha value is -3.69. The first-order valence-electron chi connectivity index (χ1n) is 12.3. The molecule has 0 amide bonds. The number of aliphatic hydroxyl groups excluding tert-OH is 1. The molecule has 0 spiro atoms. The predicted molar refractivity (Wildman–Crippen MR) is 141 cm³/mol. The zero-order valence-electron chi connectivity index (χ0n) is 19.8. The number of nitrogens with one attached hydrogen (secondary N) is 2. The molecule has 1 saturated carbocycles. The van der Waals surface area contributed by atoms with E-state index in [2.05, 4.69) is 45.8 Å². The lowest BCUT2D eigenvalue weighted by Crippen LogP contribution is -2.29. The molecular weight excluding hydrogens is 470 g/mol. The van der Waals surface area contributed by atoms with Crippen LogP contribution in [0.15, 0.2) is 60.9 Å². The van der Waals surface area contributed by atoms with E-state index in [9.17, 15) is 5.11 Å². The van der Waals surface area contributed by atoms with Crippen molar-refractivity contribution in [3.8, 4) is 11.3 Å². The monoisotopic (exact) mass is 497 g/mol. The van der Waals surface area contributed by atoms with Gasteiger partial charge in [-0.1, -0.05) is 41.7 Å². The van der Waals surface area contributed by atoms with Crippen molar-refractivity contribution in [1.82, 2.24) is 30.1 Å². The Morgan fingerprint density at radius 3 is 2.50 bits per heavy atom. The Morgan fingerprint density at radius 1 is 0.917 bits per heavy atom. The number of benzene rings is 1. The van der Waals surface area contributed by atoms with Gasteiger partial charge in [0.25, 0.3) is 0 Å². The molecule has 4 aromatic heterocycles. The minimum atomic E-state index is -0.189. The van der Waals surface area contributed by atoms with Gasteiger partial charge in [0.2, 0.25) is 5.95 Å². The summed E-state index contributed by atoms with van der Waals surface area (Å²) >= 11 is 1.59. The van der Waals surface area contributed by atoms with Crippen molar-refractivity contribution < 1.29 is 5.11 Å². The van der Waals surface area contributed by atoms with Crippen molar-refractivity contribution in [2.45, 2.75) is 50.7 Å². The smallest absolute Gasteiger partial charge is 0.223 e. The average molecular weight is 498 g/mol. The van der Waals surface area contributed by atoms with Crippen LogP contribution in [0.4, 0.5) is 5.95 Å². The highest BCUT2D eigenvalue weighted by Gasteiger charge is 2.20. The second kappa shape index (κ2) is 10.1. The Bertz CT molecular complexity index is 1440. The summed E-state index contributed by atoms with van der Waals surface area (Å²) in [5.74, 6) is 0.654. The number of fused-ring (bicyclic) bond motifs is 1. The summed E-state index contributed by atoms with van der Waals surface area (Å²) in [4.78, 5) is 20.2. The first-order chi connectivity index (χ1) is 17.7. The molecule has 9 heteroatoms. The van der Waals surface area contributed by atoms with Crippen molar-refractivity contribution in [3.05, 3.63) is 82.9 Å². The van der Waals surface area contributed by atoms with Crippen LogP contribution in [0.3, 0.4) is 0 Å². The molecule has 182 valence electrons. The Labute approximate surface area is 212 Å². The molecule has 1 aliphatic carbocycles. The molecule has 0 saturated heterocycles. The topological polar surface area (TPSA) is 112 Å². The van der Waals surface area contributed by atoms with Gasteiger partial charge in [-0.3, -0.25) is 5.10 Å². The molecule has 6 rings (SSSR count). The molecule has 0 aliphatic heterocycles. The normalized spacial score (nSPS) is 17.9. The standard InChI is InChI=1S/C27H27N7OS/c35-22-8-6-19(7-9-22)30-27-31-20(12-17-4-2-1-3-5-17)13-21(32-27)14-25-33-24-11-10-23(34-26(24)36-25)18-15-28-29-16-18/h1-5,10-11,13,15-16,19,22,35H,6-9,12,14H2,(H,28,29)(H,30,31,32). The molecule has 4 heterocycles. The van der Waals surface area contributed by atoms with Crippen LogP contribution >= 0.6 is 11.3 Å². The fraction of sp³-hybridized carbons (Fsp3) is 0.296. The lowest BCUT2D eigenvalue weighted by atomic mass is 9.93. The number of rotatable bonds is 7. The number of anilines is 1. The Morgan fingerprint density at radius 2 is 1.72 bits per heavy atom. The van der Waals surface area contributed by atoms with Crippen LogP contribution in [0.2, 0.25) is 0 Å². The van der Waals surface area contributed by atoms with Gasteiger partial charge >= 0.3 is 0 Å². The molecule has 36 heavy (non-hydrogen) atoms. The zero-order chi connectivity index (χ0) is 24.3. The number of thiazole rings is 1. The molecule has 0 atom stereocenters. The van der Waals surface area contributed by atoms with E-state index in [-0.39, 0.29) is 12.1 Å². The quantitative estimate of drug-likeness (QED) is 0.297. The minimum absolute atomic E-state index is 0.189. The molecule has 5 aromatic rings. The summed E-state index contributed by atoms with van der Waals surface area (Å²) in [6, 6.07) is 16.7. The third-order valence-corrected chi connectivity index (χ3v) is 7.48. The molecule has 0 bridgehead atoms. The van der Waals surface area contributed by atoms with Crippen LogP contribution in [-0.2, 0) is 12.8 Å². The maximum absolute atomic E-state index is 9.87. The molecule has 1 aromatic carbocycles. The van der Waals surface area contributed by atoms with Crippen molar-refractivity contribution in [1.29, 1.82) is 0 Å². The molecule has 0 radical (unpaired) electrons. The van der Waals surface area contributed by atoms with Crippen LogP contribution in [0.25, 0.3) is 21.6 Å². The number of aromatic amines is 1. The highest BCUT2D eigenvalue weighted by atomic mass is 32.1. The number of H-pyrrole nitrogens is 1. The van der Waals surface area contributed by atoms with Gasteiger partial charge in [0, 0.05) is 30.6 Å². The third-order valence-electron chi connectivity index (χ3n) is 6.52. The SMILES string of the molecule is OC1CCC(Nc2nc(Cc3ccccc3)cc(Cc3nc4ccc(-c5cn[nH]c5)nc4s3)n2)CC1. The first-order valence-corrected chi connectivity index (χ1v) is 13.1. The number of hydrogen-bond acceptors (Lipinski definition) is 8. The largest absolute Gasteiger partial charge is 0.393 e. The second-order valence-electron chi connectivity index (χ2n) is 9.28. The van der Waals surface area contributed by atoms with Crippen LogP contribution in [0.1, 0.15) is 47.6 Å². The Balaban J connectivity index is 1.27. The van der Waals surface area contributed by atoms with E-state index in [0.717, 1.165) is 70.1 Å². The van der Waals surface area contributed by atoms with Crippen molar-refractivity contribution in [2.24, 2.45) is 0 Å². The summed E-state index contributed by atoms with van der Waals surface area (Å²) in [5.41, 5.74) is 5.85. The highest BCUT2D eigenvalue weighted by Crippen LogP contribution is 2.27. The lowest BCUT2D eigenvalue weighted by Gasteiger charge is -2.26. The van der Waals surface area contributed by atoms with Gasteiger partial charge in [-0.2, -0.15) is 5.10 Å². The van der Waals surface area contributed by atoms with E-state index < -0.39 is 0 Å². The summed E-state index contributed by atoms with van der Waals surface area (Å²) in [6.07, 6.45) is 8.25. The number of aliphatic hydroxyl groups is 1. The van der Waals surface area contributed by atoms with Crippen LogP contribution in [0.5, 0.6) is 0 Å². The lowest BCUT2D eigenvalue weighted by molar-refractivity contribution is 0.126. The summed E-state index contributed by atoms with van der Waals surface area (Å²) in [5, 5.41) is 21.2. The number of pyridine rings is 1. The van der Waals surface area contributed by atoms with Crippen LogP contribution < -0.4 is 5.32 Å². The predicted octanol–water partition coefficient (Wildman–Crippen LogP) is 4.77. The summed E-state index contributed by atoms with van der Waals surface area (Å²) < 4.78 is 0. The van der Waals surface area contributed by atoms with Crippen molar-refractivity contribution >= 4 is 27.6 Å². The summed E-state index contributed by atoms with van der Waals surface area (Å²) in [7, 11) is 0. The molecule has 1 aliphatic rings. The fourth-order valence-corrected chi connectivity index (χ4v) is 5.60. The highest BCUT2D eigenvalue weighted by molar-refractivity contribution is 7.18. The van der Waals surface area contributed by atoms with Gasteiger partial charge in [-0.15, -0.1) is 0 Å². The maximum Gasteiger partial charge on any atom is 0.223 e. The average Bonchev–Trinajstić information content (AvgIpc) is 3.55. The number of nitrogens with zero attached hydrogens (tertiary/aromatic N) is 5. The van der Waals surface area contributed by atoms with E-state index in [1.165, 1.54) is 5.56 Å². The van der Waals surface area contributed by atoms with Gasteiger partial charge in [0.15, 0.2) is 0 Å². The minimum Gasteiger partial charge on any atom is -0.393 e. The van der Waals surface area contributed by atoms with E-state index >= 15 is 0 Å². The molecule has 0 unspecified atom stereocenters. The number of aromatic nitrogens is 6. The first kappa shape index (κ1) is 22.8. The van der Waals surface area contributed by atoms with E-state index in [1.807, 2.05) is 24.4 Å². The van der Waals surface area contributed by atoms with Crippen LogP contribution in [0, 0.1) is 0 Å². The second-order valence-corrected chi connectivity index (χ2v) is 10.3. The number of hydrogen-bond donors (Lipinski definition) is 3. The molecule has 3 N–H and O–H groups in total. The van der Waals surface area contributed by atoms with Gasteiger partial charge in [-0.25, -0.2) is 19.9 Å². The maximum atomic E-state index is 9.87. The van der Waals surface area contributed by atoms with Crippen molar-refractivity contribution in [2.75, 3.05) is 5.32 Å². The van der Waals surface area contributed by atoms with E-state index in [0.29, 0.717) is 12.4 Å².